The van der Waals surface area contributed by atoms with Crippen molar-refractivity contribution in [2.45, 2.75) is 44.1 Å². The molecule has 0 radical (unpaired) electrons. The third-order valence-electron chi connectivity index (χ3n) is 5.81. The largest absolute Gasteiger partial charge is 0.493 e. The lowest BCUT2D eigenvalue weighted by atomic mass is 9.87. The molecule has 1 amide bonds. The Labute approximate surface area is 148 Å². The second-order valence-electron chi connectivity index (χ2n) is 7.13. The van der Waals surface area contributed by atoms with Crippen LogP contribution < -0.4 is 4.74 Å². The highest BCUT2D eigenvalue weighted by molar-refractivity contribution is 6.30. The fourth-order valence-electron chi connectivity index (χ4n) is 4.40. The van der Waals surface area contributed by atoms with Crippen molar-refractivity contribution >= 4 is 17.5 Å². The molecule has 0 aromatic heterocycles. The van der Waals surface area contributed by atoms with Crippen molar-refractivity contribution in [2.24, 2.45) is 5.92 Å². The van der Waals surface area contributed by atoms with Gasteiger partial charge in [0.05, 0.1) is 12.7 Å². The van der Waals surface area contributed by atoms with Gasteiger partial charge in [0.1, 0.15) is 5.75 Å². The summed E-state index contributed by atoms with van der Waals surface area (Å²) in [4.78, 5) is 15.0. The smallest absolute Gasteiger partial charge is 0.226 e. The van der Waals surface area contributed by atoms with Crippen LogP contribution in [-0.2, 0) is 14.9 Å². The summed E-state index contributed by atoms with van der Waals surface area (Å²) >= 11 is 6.19. The molecule has 4 nitrogen and oxygen atoms in total. The van der Waals surface area contributed by atoms with Crippen molar-refractivity contribution < 1.29 is 14.3 Å². The van der Waals surface area contributed by atoms with Crippen molar-refractivity contribution in [2.75, 3.05) is 26.3 Å². The van der Waals surface area contributed by atoms with E-state index in [0.717, 1.165) is 56.7 Å². The third kappa shape index (κ3) is 2.70. The molecule has 2 atom stereocenters. The first-order valence-electron chi connectivity index (χ1n) is 8.97. The van der Waals surface area contributed by atoms with E-state index in [1.165, 1.54) is 0 Å². The quantitative estimate of drug-likeness (QED) is 0.839. The highest BCUT2D eigenvalue weighted by Crippen LogP contribution is 2.61. The van der Waals surface area contributed by atoms with Crippen molar-refractivity contribution in [3.8, 4) is 5.75 Å². The summed E-state index contributed by atoms with van der Waals surface area (Å²) in [6.45, 7) is 5.09. The third-order valence-corrected chi connectivity index (χ3v) is 6.05. The zero-order chi connectivity index (χ0) is 16.7. The molecule has 4 rings (SSSR count). The summed E-state index contributed by atoms with van der Waals surface area (Å²) in [5.41, 5.74) is 1.08. The number of benzene rings is 1. The molecule has 5 heteroatoms. The maximum absolute atomic E-state index is 13.0. The Morgan fingerprint density at radius 3 is 2.96 bits per heavy atom. The molecule has 1 saturated carbocycles. The minimum Gasteiger partial charge on any atom is -0.493 e. The van der Waals surface area contributed by atoms with E-state index in [4.69, 9.17) is 21.1 Å². The molecular weight excluding hydrogens is 326 g/mol. The Balaban J connectivity index is 1.47. The van der Waals surface area contributed by atoms with Gasteiger partial charge in [-0.1, -0.05) is 11.6 Å². The summed E-state index contributed by atoms with van der Waals surface area (Å²) in [5, 5.41) is 0.717. The van der Waals surface area contributed by atoms with E-state index in [-0.39, 0.29) is 11.3 Å². The van der Waals surface area contributed by atoms with Gasteiger partial charge in [-0.05, 0) is 50.8 Å². The predicted molar refractivity (Wildman–Crippen MR) is 92.6 cm³/mol. The average molecular weight is 350 g/mol. The maximum Gasteiger partial charge on any atom is 0.226 e. The van der Waals surface area contributed by atoms with Gasteiger partial charge in [-0.15, -0.1) is 0 Å². The second kappa shape index (κ2) is 6.23. The van der Waals surface area contributed by atoms with Crippen LogP contribution in [0.2, 0.25) is 5.02 Å². The van der Waals surface area contributed by atoms with E-state index in [9.17, 15) is 4.79 Å². The Hall–Kier alpha value is -1.26. The number of hydrogen-bond acceptors (Lipinski definition) is 3. The first-order valence-corrected chi connectivity index (χ1v) is 9.35. The van der Waals surface area contributed by atoms with Crippen LogP contribution in [0.3, 0.4) is 0 Å². The number of carbonyl (C=O) groups excluding carboxylic acids is 1. The van der Waals surface area contributed by atoms with E-state index in [2.05, 4.69) is 0 Å². The van der Waals surface area contributed by atoms with Crippen LogP contribution in [0.5, 0.6) is 5.75 Å². The number of nitrogens with zero attached hydrogens (tertiary/aromatic N) is 1. The molecule has 2 aliphatic heterocycles. The average Bonchev–Trinajstić information content (AvgIpc) is 3.31. The normalized spacial score (nSPS) is 29.2. The summed E-state index contributed by atoms with van der Waals surface area (Å²) in [7, 11) is 0. The molecule has 3 aliphatic rings. The molecule has 1 aromatic rings. The molecule has 1 aromatic carbocycles. The SMILES string of the molecule is CCOC1CCN(C(=O)[C@@H]2C[C@]23CCOc2ccc(Cl)cc23)CC1. The minimum atomic E-state index is -0.0493. The van der Waals surface area contributed by atoms with Gasteiger partial charge in [0.15, 0.2) is 0 Å². The highest BCUT2D eigenvalue weighted by Gasteiger charge is 2.61. The lowest BCUT2D eigenvalue weighted by Gasteiger charge is -2.33. The van der Waals surface area contributed by atoms with Crippen LogP contribution in [0.15, 0.2) is 18.2 Å². The van der Waals surface area contributed by atoms with E-state index in [1.54, 1.807) is 0 Å². The topological polar surface area (TPSA) is 38.8 Å². The molecular formula is C19H24ClNO3. The zero-order valence-corrected chi connectivity index (χ0v) is 14.8. The van der Waals surface area contributed by atoms with Crippen LogP contribution in [0, 0.1) is 5.92 Å². The fraction of sp³-hybridized carbons (Fsp3) is 0.632. The molecule has 24 heavy (non-hydrogen) atoms. The van der Waals surface area contributed by atoms with Crippen molar-refractivity contribution in [3.63, 3.8) is 0 Å². The molecule has 1 saturated heterocycles. The lowest BCUT2D eigenvalue weighted by molar-refractivity contribution is -0.135. The van der Waals surface area contributed by atoms with Gasteiger partial charge in [0.2, 0.25) is 5.91 Å². The second-order valence-corrected chi connectivity index (χ2v) is 7.57. The minimum absolute atomic E-state index is 0.0493. The number of ether oxygens (including phenoxy) is 2. The van der Waals surface area contributed by atoms with Gasteiger partial charge in [-0.2, -0.15) is 0 Å². The molecule has 2 fully saturated rings. The number of halogens is 1. The summed E-state index contributed by atoms with van der Waals surface area (Å²) in [5.74, 6) is 1.29. The summed E-state index contributed by atoms with van der Waals surface area (Å²) in [6, 6.07) is 5.79. The maximum atomic E-state index is 13.0. The Bertz CT molecular complexity index is 641. The first kappa shape index (κ1) is 16.2. The molecule has 130 valence electrons. The fourth-order valence-corrected chi connectivity index (χ4v) is 4.57. The first-order chi connectivity index (χ1) is 11.6. The Morgan fingerprint density at radius 2 is 2.21 bits per heavy atom. The van der Waals surface area contributed by atoms with Gasteiger partial charge in [0, 0.05) is 41.6 Å². The van der Waals surface area contributed by atoms with Crippen LogP contribution in [0.1, 0.15) is 38.2 Å². The van der Waals surface area contributed by atoms with Gasteiger partial charge in [-0.3, -0.25) is 4.79 Å². The van der Waals surface area contributed by atoms with Crippen LogP contribution >= 0.6 is 11.6 Å². The number of piperidine rings is 1. The van der Waals surface area contributed by atoms with Gasteiger partial charge in [0.25, 0.3) is 0 Å². The molecule has 1 spiro atoms. The van der Waals surface area contributed by atoms with Gasteiger partial charge in [-0.25, -0.2) is 0 Å². The van der Waals surface area contributed by atoms with E-state index >= 15 is 0 Å². The standard InChI is InChI=1S/C19H24ClNO3/c1-2-23-14-5-8-21(9-6-14)18(22)16-12-19(16)7-10-24-17-4-3-13(20)11-15(17)19/h3-4,11,14,16H,2,5-10,12H2,1H3/t16-,19-/m0/s1. The van der Waals surface area contributed by atoms with E-state index < -0.39 is 0 Å². The van der Waals surface area contributed by atoms with Crippen molar-refractivity contribution in [1.82, 2.24) is 4.90 Å². The summed E-state index contributed by atoms with van der Waals surface area (Å²) in [6.07, 6.45) is 4.05. The summed E-state index contributed by atoms with van der Waals surface area (Å²) < 4.78 is 11.5. The highest BCUT2D eigenvalue weighted by atomic mass is 35.5. The van der Waals surface area contributed by atoms with E-state index in [1.807, 2.05) is 30.0 Å². The van der Waals surface area contributed by atoms with Crippen LogP contribution in [0.4, 0.5) is 0 Å². The number of rotatable bonds is 3. The van der Waals surface area contributed by atoms with Crippen molar-refractivity contribution in [3.05, 3.63) is 28.8 Å². The molecule has 0 N–H and O–H groups in total. The number of amides is 1. The van der Waals surface area contributed by atoms with Crippen LogP contribution in [0.25, 0.3) is 0 Å². The molecule has 0 bridgehead atoms. The van der Waals surface area contributed by atoms with Gasteiger partial charge >= 0.3 is 0 Å². The van der Waals surface area contributed by atoms with Gasteiger partial charge < -0.3 is 14.4 Å². The number of likely N-dealkylation sites (tertiary alicyclic amines) is 1. The lowest BCUT2D eigenvalue weighted by Crippen LogP contribution is -2.42. The molecule has 1 aliphatic carbocycles. The Morgan fingerprint density at radius 1 is 1.42 bits per heavy atom. The zero-order valence-electron chi connectivity index (χ0n) is 14.1. The van der Waals surface area contributed by atoms with Crippen LogP contribution in [-0.4, -0.2) is 43.2 Å². The van der Waals surface area contributed by atoms with Crippen molar-refractivity contribution in [1.29, 1.82) is 0 Å². The number of carbonyl (C=O) groups is 1. The number of hydrogen-bond donors (Lipinski definition) is 0. The predicted octanol–water partition coefficient (Wildman–Crippen LogP) is 3.41. The molecule has 2 heterocycles. The molecule has 0 unspecified atom stereocenters. The monoisotopic (exact) mass is 349 g/mol. The Kier molecular flexibility index (Phi) is 4.21. The number of fused-ring (bicyclic) bond motifs is 2. The van der Waals surface area contributed by atoms with E-state index in [0.29, 0.717) is 23.6 Å².